The van der Waals surface area contributed by atoms with Crippen LogP contribution in [0.25, 0.3) is 0 Å². The summed E-state index contributed by atoms with van der Waals surface area (Å²) in [6.07, 6.45) is 4.00. The molecule has 0 bridgehead atoms. The van der Waals surface area contributed by atoms with Crippen molar-refractivity contribution in [3.63, 3.8) is 0 Å². The molecule has 0 aromatic carbocycles. The van der Waals surface area contributed by atoms with Crippen LogP contribution in [0.1, 0.15) is 31.0 Å². The molecule has 1 aromatic heterocycles. The molecule has 13 heavy (non-hydrogen) atoms. The number of ketones is 1. The molecule has 0 amide bonds. The first-order valence-electron chi connectivity index (χ1n) is 4.40. The molecule has 1 aromatic rings. The molecule has 0 radical (unpaired) electrons. The maximum Gasteiger partial charge on any atom is 0.135 e. The second-order valence-corrected chi connectivity index (χ2v) is 3.35. The van der Waals surface area contributed by atoms with E-state index < -0.39 is 0 Å². The SMILES string of the molecule is N#Cc1cccn1C1CCC(=O)C1. The van der Waals surface area contributed by atoms with E-state index in [-0.39, 0.29) is 6.04 Å². The number of carbonyl (C=O) groups excluding carboxylic acids is 1. The van der Waals surface area contributed by atoms with Gasteiger partial charge in [0.2, 0.25) is 0 Å². The highest BCUT2D eigenvalue weighted by Gasteiger charge is 2.24. The van der Waals surface area contributed by atoms with Crippen LogP contribution in [-0.2, 0) is 4.79 Å². The predicted octanol–water partition coefficient (Wildman–Crippen LogP) is 1.65. The van der Waals surface area contributed by atoms with Gasteiger partial charge in [0.25, 0.3) is 0 Å². The third kappa shape index (κ3) is 1.35. The zero-order valence-corrected chi connectivity index (χ0v) is 7.23. The van der Waals surface area contributed by atoms with Gasteiger partial charge in [0.15, 0.2) is 0 Å². The van der Waals surface area contributed by atoms with E-state index in [4.69, 9.17) is 5.26 Å². The Morgan fingerprint density at radius 1 is 1.62 bits per heavy atom. The van der Waals surface area contributed by atoms with Gasteiger partial charge < -0.3 is 4.57 Å². The van der Waals surface area contributed by atoms with Gasteiger partial charge in [-0.25, -0.2) is 0 Å². The van der Waals surface area contributed by atoms with E-state index in [2.05, 4.69) is 6.07 Å². The fraction of sp³-hybridized carbons (Fsp3) is 0.400. The second-order valence-electron chi connectivity index (χ2n) is 3.35. The number of hydrogen-bond acceptors (Lipinski definition) is 2. The van der Waals surface area contributed by atoms with Crippen LogP contribution in [0.4, 0.5) is 0 Å². The summed E-state index contributed by atoms with van der Waals surface area (Å²) in [5, 5.41) is 8.78. The molecule has 1 aliphatic rings. The predicted molar refractivity (Wildman–Crippen MR) is 47.0 cm³/mol. The van der Waals surface area contributed by atoms with Gasteiger partial charge in [-0.05, 0) is 18.6 Å². The van der Waals surface area contributed by atoms with Crippen molar-refractivity contribution in [3.8, 4) is 6.07 Å². The molecule has 1 saturated carbocycles. The lowest BCUT2D eigenvalue weighted by Crippen LogP contribution is -2.06. The van der Waals surface area contributed by atoms with Crippen LogP contribution in [-0.4, -0.2) is 10.4 Å². The van der Waals surface area contributed by atoms with Gasteiger partial charge in [0, 0.05) is 25.1 Å². The largest absolute Gasteiger partial charge is 0.336 e. The van der Waals surface area contributed by atoms with Crippen molar-refractivity contribution in [1.29, 1.82) is 5.26 Å². The summed E-state index contributed by atoms with van der Waals surface area (Å²) in [6, 6.07) is 5.97. The van der Waals surface area contributed by atoms with Gasteiger partial charge in [0.05, 0.1) is 0 Å². The van der Waals surface area contributed by atoms with Crippen molar-refractivity contribution in [3.05, 3.63) is 24.0 Å². The average Bonchev–Trinajstić information content (AvgIpc) is 2.71. The third-order valence-corrected chi connectivity index (χ3v) is 2.51. The third-order valence-electron chi connectivity index (χ3n) is 2.51. The van der Waals surface area contributed by atoms with E-state index in [0.29, 0.717) is 24.3 Å². The summed E-state index contributed by atoms with van der Waals surface area (Å²) in [4.78, 5) is 11.1. The van der Waals surface area contributed by atoms with Crippen LogP contribution in [0.5, 0.6) is 0 Å². The van der Waals surface area contributed by atoms with E-state index in [0.717, 1.165) is 6.42 Å². The monoisotopic (exact) mass is 174 g/mol. The molecule has 1 aliphatic carbocycles. The zero-order valence-electron chi connectivity index (χ0n) is 7.23. The van der Waals surface area contributed by atoms with Crippen molar-refractivity contribution >= 4 is 5.78 Å². The van der Waals surface area contributed by atoms with Crippen molar-refractivity contribution < 1.29 is 4.79 Å². The van der Waals surface area contributed by atoms with E-state index in [9.17, 15) is 4.79 Å². The molecule has 1 heterocycles. The summed E-state index contributed by atoms with van der Waals surface area (Å²) < 4.78 is 1.91. The molecule has 1 unspecified atom stereocenters. The van der Waals surface area contributed by atoms with Crippen molar-refractivity contribution in [2.45, 2.75) is 25.3 Å². The minimum Gasteiger partial charge on any atom is -0.336 e. The number of hydrogen-bond donors (Lipinski definition) is 0. The van der Waals surface area contributed by atoms with E-state index in [1.807, 2.05) is 16.8 Å². The summed E-state index contributed by atoms with van der Waals surface area (Å²) in [5.74, 6) is 0.308. The summed E-state index contributed by atoms with van der Waals surface area (Å²) in [7, 11) is 0. The van der Waals surface area contributed by atoms with Crippen LogP contribution < -0.4 is 0 Å². The number of nitrogens with zero attached hydrogens (tertiary/aromatic N) is 2. The van der Waals surface area contributed by atoms with Crippen LogP contribution in [0.15, 0.2) is 18.3 Å². The minimum atomic E-state index is 0.220. The Labute approximate surface area is 76.6 Å². The fourth-order valence-corrected chi connectivity index (χ4v) is 1.84. The molecule has 0 spiro atoms. The molecule has 0 N–H and O–H groups in total. The average molecular weight is 174 g/mol. The van der Waals surface area contributed by atoms with Gasteiger partial charge in [-0.2, -0.15) is 5.26 Å². The molecule has 3 nitrogen and oxygen atoms in total. The van der Waals surface area contributed by atoms with E-state index >= 15 is 0 Å². The first kappa shape index (κ1) is 8.06. The van der Waals surface area contributed by atoms with Gasteiger partial charge in [-0.15, -0.1) is 0 Å². The summed E-state index contributed by atoms with van der Waals surface area (Å²) in [5.41, 5.74) is 0.653. The normalized spacial score (nSPS) is 21.8. The smallest absolute Gasteiger partial charge is 0.135 e. The van der Waals surface area contributed by atoms with E-state index in [1.165, 1.54) is 0 Å². The maximum absolute atomic E-state index is 11.1. The highest BCUT2D eigenvalue weighted by Crippen LogP contribution is 2.28. The van der Waals surface area contributed by atoms with Gasteiger partial charge in [-0.1, -0.05) is 0 Å². The van der Waals surface area contributed by atoms with Crippen LogP contribution in [0, 0.1) is 11.3 Å². The lowest BCUT2D eigenvalue weighted by atomic mass is 10.2. The second kappa shape index (κ2) is 3.06. The fourth-order valence-electron chi connectivity index (χ4n) is 1.84. The topological polar surface area (TPSA) is 45.8 Å². The lowest BCUT2D eigenvalue weighted by molar-refractivity contribution is -0.117. The molecule has 1 fully saturated rings. The molecule has 66 valence electrons. The first-order valence-corrected chi connectivity index (χ1v) is 4.40. The number of carbonyl (C=O) groups is 1. The molecule has 0 saturated heterocycles. The van der Waals surface area contributed by atoms with Crippen LogP contribution >= 0.6 is 0 Å². The number of nitriles is 1. The standard InChI is InChI=1S/C10H10N2O/c11-7-9-2-1-5-12(9)8-3-4-10(13)6-8/h1-2,5,8H,3-4,6H2. The summed E-state index contributed by atoms with van der Waals surface area (Å²) >= 11 is 0. The Bertz CT molecular complexity index is 373. The number of aromatic nitrogens is 1. The van der Waals surface area contributed by atoms with Gasteiger partial charge >= 0.3 is 0 Å². The quantitative estimate of drug-likeness (QED) is 0.649. The van der Waals surface area contributed by atoms with Crippen LogP contribution in [0.2, 0.25) is 0 Å². The van der Waals surface area contributed by atoms with Gasteiger partial charge in [0.1, 0.15) is 17.5 Å². The number of Topliss-reactive ketones (excluding diaryl/α,β-unsaturated/α-hetero) is 1. The Morgan fingerprint density at radius 3 is 3.08 bits per heavy atom. The highest BCUT2D eigenvalue weighted by molar-refractivity contribution is 5.80. The first-order chi connectivity index (χ1) is 6.31. The molecule has 0 aliphatic heterocycles. The number of rotatable bonds is 1. The van der Waals surface area contributed by atoms with Crippen molar-refractivity contribution in [2.75, 3.05) is 0 Å². The van der Waals surface area contributed by atoms with Gasteiger partial charge in [-0.3, -0.25) is 4.79 Å². The molecule has 1 atom stereocenters. The molecule has 3 heteroatoms. The molecule has 2 rings (SSSR count). The Morgan fingerprint density at radius 2 is 2.46 bits per heavy atom. The van der Waals surface area contributed by atoms with Crippen molar-refractivity contribution in [1.82, 2.24) is 4.57 Å². The maximum atomic E-state index is 11.1. The molecular weight excluding hydrogens is 164 g/mol. The Kier molecular flexibility index (Phi) is 1.90. The summed E-state index contributed by atoms with van der Waals surface area (Å²) in [6.45, 7) is 0. The minimum absolute atomic E-state index is 0.220. The lowest BCUT2D eigenvalue weighted by Gasteiger charge is -2.11. The van der Waals surface area contributed by atoms with Crippen molar-refractivity contribution in [2.24, 2.45) is 0 Å². The highest BCUT2D eigenvalue weighted by atomic mass is 16.1. The molecular formula is C10H10N2O. The van der Waals surface area contributed by atoms with Crippen LogP contribution in [0.3, 0.4) is 0 Å². The Balaban J connectivity index is 2.26. The zero-order chi connectivity index (χ0) is 9.26. The van der Waals surface area contributed by atoms with E-state index in [1.54, 1.807) is 6.07 Å². The Hall–Kier alpha value is -1.56.